The van der Waals surface area contributed by atoms with E-state index in [1.807, 2.05) is 0 Å². The van der Waals surface area contributed by atoms with E-state index in [0.717, 1.165) is 30.6 Å². The molecule has 3 heteroatoms. The maximum absolute atomic E-state index is 3.67. The highest BCUT2D eigenvalue weighted by atomic mass is 15.2. The van der Waals surface area contributed by atoms with E-state index in [0.29, 0.717) is 0 Å². The largest absolute Gasteiger partial charge is 0.314 e. The molecule has 0 aromatic heterocycles. The summed E-state index contributed by atoms with van der Waals surface area (Å²) in [6.07, 6.45) is 7.12. The van der Waals surface area contributed by atoms with Gasteiger partial charge in [0.2, 0.25) is 0 Å². The molecule has 1 N–H and O–H groups in total. The molecule has 104 valence electrons. The summed E-state index contributed by atoms with van der Waals surface area (Å²) in [5.41, 5.74) is 0. The van der Waals surface area contributed by atoms with Crippen LogP contribution in [0.2, 0.25) is 0 Å². The number of piperidine rings is 1. The molecule has 3 heterocycles. The number of nitrogens with zero attached hydrogens (tertiary/aromatic N) is 2. The Hall–Kier alpha value is -0.120. The van der Waals surface area contributed by atoms with Crippen molar-refractivity contribution in [2.75, 3.05) is 33.2 Å². The van der Waals surface area contributed by atoms with Crippen molar-refractivity contribution in [3.8, 4) is 0 Å². The van der Waals surface area contributed by atoms with E-state index in [4.69, 9.17) is 0 Å². The first-order chi connectivity index (χ1) is 8.76. The summed E-state index contributed by atoms with van der Waals surface area (Å²) in [5.74, 6) is 0.939. The second kappa shape index (κ2) is 5.48. The van der Waals surface area contributed by atoms with Crippen molar-refractivity contribution < 1.29 is 0 Å². The molecule has 3 saturated heterocycles. The number of rotatable bonds is 4. The first-order valence-corrected chi connectivity index (χ1v) is 7.94. The van der Waals surface area contributed by atoms with Gasteiger partial charge < -0.3 is 10.2 Å². The van der Waals surface area contributed by atoms with Gasteiger partial charge in [-0.15, -0.1) is 0 Å². The minimum Gasteiger partial charge on any atom is -0.314 e. The summed E-state index contributed by atoms with van der Waals surface area (Å²) in [4.78, 5) is 5.37. The lowest BCUT2D eigenvalue weighted by Gasteiger charge is -2.40. The van der Waals surface area contributed by atoms with Gasteiger partial charge >= 0.3 is 0 Å². The van der Waals surface area contributed by atoms with Crippen molar-refractivity contribution in [1.29, 1.82) is 0 Å². The van der Waals surface area contributed by atoms with Gasteiger partial charge in [0.15, 0.2) is 0 Å². The molecule has 3 rings (SSSR count). The molecular formula is C15H29N3. The van der Waals surface area contributed by atoms with Gasteiger partial charge in [-0.25, -0.2) is 0 Å². The first-order valence-electron chi connectivity index (χ1n) is 7.94. The van der Waals surface area contributed by atoms with Gasteiger partial charge in [0.1, 0.15) is 0 Å². The average molecular weight is 251 g/mol. The highest BCUT2D eigenvalue weighted by molar-refractivity contribution is 4.98. The summed E-state index contributed by atoms with van der Waals surface area (Å²) in [5, 5.41) is 3.67. The zero-order valence-electron chi connectivity index (χ0n) is 12.1. The molecule has 0 spiro atoms. The standard InChI is InChI=1S/C15H29N3/c1-3-16-13-8-14-4-5-15(9-13)18(14)11-12-6-7-17(2)10-12/h12-16H,3-11H2,1-2H3. The number of fused-ring (bicyclic) bond motifs is 2. The molecule has 18 heavy (non-hydrogen) atoms. The number of hydrogen-bond acceptors (Lipinski definition) is 3. The topological polar surface area (TPSA) is 18.5 Å². The molecule has 0 aromatic carbocycles. The SMILES string of the molecule is CCNC1CC2CCC(C1)N2CC1CCN(C)C1. The summed E-state index contributed by atoms with van der Waals surface area (Å²) >= 11 is 0. The molecule has 3 aliphatic rings. The summed E-state index contributed by atoms with van der Waals surface area (Å²) in [6.45, 7) is 7.39. The van der Waals surface area contributed by atoms with Gasteiger partial charge in [-0.2, -0.15) is 0 Å². The molecule has 2 bridgehead atoms. The first kappa shape index (κ1) is 12.9. The minimum atomic E-state index is 0.801. The fourth-order valence-corrected chi connectivity index (χ4v) is 4.50. The van der Waals surface area contributed by atoms with Gasteiger partial charge in [-0.05, 0) is 58.2 Å². The van der Waals surface area contributed by atoms with Crippen LogP contribution in [0.5, 0.6) is 0 Å². The van der Waals surface area contributed by atoms with Crippen LogP contribution in [-0.2, 0) is 0 Å². The fourth-order valence-electron chi connectivity index (χ4n) is 4.50. The summed E-state index contributed by atoms with van der Waals surface area (Å²) in [6, 6.07) is 2.58. The van der Waals surface area contributed by atoms with Gasteiger partial charge in [0.25, 0.3) is 0 Å². The van der Waals surface area contributed by atoms with Crippen molar-refractivity contribution in [2.45, 2.75) is 57.2 Å². The molecule has 0 saturated carbocycles. The van der Waals surface area contributed by atoms with Crippen LogP contribution >= 0.6 is 0 Å². The number of hydrogen-bond donors (Lipinski definition) is 1. The molecule has 3 nitrogen and oxygen atoms in total. The van der Waals surface area contributed by atoms with Crippen molar-refractivity contribution >= 4 is 0 Å². The molecule has 3 unspecified atom stereocenters. The molecule has 3 aliphatic heterocycles. The second-order valence-electron chi connectivity index (χ2n) is 6.72. The van der Waals surface area contributed by atoms with Crippen molar-refractivity contribution in [1.82, 2.24) is 15.1 Å². The number of likely N-dealkylation sites (tertiary alicyclic amines) is 1. The highest BCUT2D eigenvalue weighted by Gasteiger charge is 2.41. The fraction of sp³-hybridized carbons (Fsp3) is 1.00. The van der Waals surface area contributed by atoms with E-state index >= 15 is 0 Å². The van der Waals surface area contributed by atoms with Crippen LogP contribution in [0.15, 0.2) is 0 Å². The molecule has 0 aliphatic carbocycles. The van der Waals surface area contributed by atoms with E-state index in [-0.39, 0.29) is 0 Å². The van der Waals surface area contributed by atoms with Crippen LogP contribution in [0.3, 0.4) is 0 Å². The van der Waals surface area contributed by atoms with E-state index in [1.54, 1.807) is 0 Å². The number of nitrogens with one attached hydrogen (secondary N) is 1. The minimum absolute atomic E-state index is 0.801. The maximum Gasteiger partial charge on any atom is 0.0114 e. The van der Waals surface area contributed by atoms with Gasteiger partial charge in [-0.1, -0.05) is 6.92 Å². The van der Waals surface area contributed by atoms with E-state index in [9.17, 15) is 0 Å². The Bertz CT molecular complexity index is 267. The Morgan fingerprint density at radius 3 is 2.39 bits per heavy atom. The Balaban J connectivity index is 1.55. The highest BCUT2D eigenvalue weighted by Crippen LogP contribution is 2.36. The van der Waals surface area contributed by atoms with E-state index in [2.05, 4.69) is 29.1 Å². The zero-order chi connectivity index (χ0) is 12.5. The van der Waals surface area contributed by atoms with Gasteiger partial charge in [0, 0.05) is 31.2 Å². The molecular weight excluding hydrogens is 222 g/mol. The van der Waals surface area contributed by atoms with Crippen LogP contribution in [0, 0.1) is 5.92 Å². The Morgan fingerprint density at radius 1 is 1.11 bits per heavy atom. The Kier molecular flexibility index (Phi) is 3.92. The van der Waals surface area contributed by atoms with Crippen LogP contribution in [-0.4, -0.2) is 61.2 Å². The van der Waals surface area contributed by atoms with Crippen LogP contribution in [0.4, 0.5) is 0 Å². The predicted octanol–water partition coefficient (Wildman–Crippen LogP) is 1.54. The quantitative estimate of drug-likeness (QED) is 0.818. The van der Waals surface area contributed by atoms with Crippen LogP contribution < -0.4 is 5.32 Å². The lowest BCUT2D eigenvalue weighted by atomic mass is 9.95. The average Bonchev–Trinajstić information content (AvgIpc) is 2.83. The lowest BCUT2D eigenvalue weighted by Crippen LogP contribution is -2.50. The second-order valence-corrected chi connectivity index (χ2v) is 6.72. The third-order valence-corrected chi connectivity index (χ3v) is 5.34. The van der Waals surface area contributed by atoms with Crippen molar-refractivity contribution in [3.63, 3.8) is 0 Å². The third kappa shape index (κ3) is 2.59. The molecule has 3 atom stereocenters. The monoisotopic (exact) mass is 251 g/mol. The van der Waals surface area contributed by atoms with Gasteiger partial charge in [0.05, 0.1) is 0 Å². The van der Waals surface area contributed by atoms with Crippen LogP contribution in [0.1, 0.15) is 39.0 Å². The molecule has 0 amide bonds. The normalized spacial score (nSPS) is 41.7. The van der Waals surface area contributed by atoms with Crippen molar-refractivity contribution in [2.24, 2.45) is 5.92 Å². The van der Waals surface area contributed by atoms with Crippen LogP contribution in [0.25, 0.3) is 0 Å². The summed E-state index contributed by atoms with van der Waals surface area (Å²) in [7, 11) is 2.27. The molecule has 0 radical (unpaired) electrons. The molecule has 3 fully saturated rings. The predicted molar refractivity (Wildman–Crippen MR) is 75.8 cm³/mol. The van der Waals surface area contributed by atoms with Crippen molar-refractivity contribution in [3.05, 3.63) is 0 Å². The molecule has 0 aromatic rings. The summed E-state index contributed by atoms with van der Waals surface area (Å²) < 4.78 is 0. The third-order valence-electron chi connectivity index (χ3n) is 5.34. The smallest absolute Gasteiger partial charge is 0.0114 e. The zero-order valence-corrected chi connectivity index (χ0v) is 12.1. The lowest BCUT2D eigenvalue weighted by molar-refractivity contribution is 0.0994. The van der Waals surface area contributed by atoms with Gasteiger partial charge in [-0.3, -0.25) is 4.90 Å². The van der Waals surface area contributed by atoms with E-state index in [1.165, 1.54) is 51.7 Å². The van der Waals surface area contributed by atoms with E-state index < -0.39 is 0 Å². The Morgan fingerprint density at radius 2 is 1.83 bits per heavy atom. The maximum atomic E-state index is 3.67. The Labute approximate surface area is 112 Å².